The summed E-state index contributed by atoms with van der Waals surface area (Å²) < 4.78 is 28.1. The summed E-state index contributed by atoms with van der Waals surface area (Å²) in [4.78, 5) is 0. The van der Waals surface area contributed by atoms with Crippen LogP contribution >= 0.6 is 39.1 Å². The minimum atomic E-state index is -3.49. The third kappa shape index (κ3) is 4.96. The van der Waals surface area contributed by atoms with Crippen molar-refractivity contribution in [2.45, 2.75) is 18.7 Å². The molecule has 0 heterocycles. The molecular formula is C15H14BrCl2NO2S. The van der Waals surface area contributed by atoms with Gasteiger partial charge in [0.15, 0.2) is 0 Å². The molecule has 0 fully saturated rings. The molecule has 2 aromatic carbocycles. The van der Waals surface area contributed by atoms with E-state index in [1.807, 2.05) is 24.3 Å². The van der Waals surface area contributed by atoms with Gasteiger partial charge in [-0.25, -0.2) is 13.1 Å². The highest BCUT2D eigenvalue weighted by molar-refractivity contribution is 9.10. The van der Waals surface area contributed by atoms with Crippen molar-refractivity contribution in [1.29, 1.82) is 0 Å². The van der Waals surface area contributed by atoms with E-state index in [-0.39, 0.29) is 11.8 Å². The Bertz CT molecular complexity index is 781. The van der Waals surface area contributed by atoms with Crippen molar-refractivity contribution in [2.75, 3.05) is 0 Å². The number of hydrogen-bond acceptors (Lipinski definition) is 2. The molecule has 118 valence electrons. The van der Waals surface area contributed by atoms with E-state index in [0.29, 0.717) is 15.6 Å². The van der Waals surface area contributed by atoms with Crippen LogP contribution in [-0.2, 0) is 15.8 Å². The van der Waals surface area contributed by atoms with Gasteiger partial charge in [0.05, 0.1) is 15.8 Å². The van der Waals surface area contributed by atoms with Gasteiger partial charge in [-0.05, 0) is 42.3 Å². The second kappa shape index (κ2) is 7.32. The van der Waals surface area contributed by atoms with Crippen molar-refractivity contribution >= 4 is 49.2 Å². The monoisotopic (exact) mass is 421 g/mol. The van der Waals surface area contributed by atoms with E-state index in [1.165, 1.54) is 0 Å². The maximum atomic E-state index is 12.3. The summed E-state index contributed by atoms with van der Waals surface area (Å²) in [7, 11) is -3.49. The van der Waals surface area contributed by atoms with E-state index in [0.717, 1.165) is 10.0 Å². The van der Waals surface area contributed by atoms with Gasteiger partial charge in [0.25, 0.3) is 0 Å². The maximum Gasteiger partial charge on any atom is 0.216 e. The lowest BCUT2D eigenvalue weighted by atomic mass is 10.1. The molecule has 22 heavy (non-hydrogen) atoms. The normalized spacial score (nSPS) is 13.1. The van der Waals surface area contributed by atoms with Crippen LogP contribution in [0.4, 0.5) is 0 Å². The van der Waals surface area contributed by atoms with E-state index in [4.69, 9.17) is 23.2 Å². The Labute approximate surface area is 148 Å². The topological polar surface area (TPSA) is 46.2 Å². The van der Waals surface area contributed by atoms with Crippen LogP contribution in [0.1, 0.15) is 24.1 Å². The van der Waals surface area contributed by atoms with Crippen molar-refractivity contribution in [2.24, 2.45) is 0 Å². The van der Waals surface area contributed by atoms with Crippen LogP contribution in [0.15, 0.2) is 46.9 Å². The average molecular weight is 423 g/mol. The predicted molar refractivity (Wildman–Crippen MR) is 94.8 cm³/mol. The third-order valence-electron chi connectivity index (χ3n) is 3.05. The zero-order valence-corrected chi connectivity index (χ0v) is 15.6. The molecule has 1 N–H and O–H groups in total. The Morgan fingerprint density at radius 1 is 1.14 bits per heavy atom. The lowest BCUT2D eigenvalue weighted by Crippen LogP contribution is -2.28. The first-order valence-electron chi connectivity index (χ1n) is 6.46. The first-order chi connectivity index (χ1) is 10.3. The van der Waals surface area contributed by atoms with Gasteiger partial charge in [-0.2, -0.15) is 0 Å². The van der Waals surface area contributed by atoms with Crippen LogP contribution in [0.3, 0.4) is 0 Å². The van der Waals surface area contributed by atoms with E-state index in [9.17, 15) is 8.42 Å². The van der Waals surface area contributed by atoms with Gasteiger partial charge in [0.1, 0.15) is 0 Å². The fraction of sp³-hybridized carbons (Fsp3) is 0.200. The molecular weight excluding hydrogens is 409 g/mol. The predicted octanol–water partition coefficient (Wildman–Crippen LogP) is 4.94. The van der Waals surface area contributed by atoms with Crippen molar-refractivity contribution < 1.29 is 8.42 Å². The number of rotatable bonds is 5. The zero-order valence-electron chi connectivity index (χ0n) is 11.7. The molecule has 0 aliphatic rings. The molecule has 2 rings (SSSR count). The first-order valence-corrected chi connectivity index (χ1v) is 9.66. The largest absolute Gasteiger partial charge is 0.216 e. The fourth-order valence-electron chi connectivity index (χ4n) is 2.00. The molecule has 0 amide bonds. The Morgan fingerprint density at radius 3 is 2.50 bits per heavy atom. The van der Waals surface area contributed by atoms with Crippen molar-refractivity contribution in [3.63, 3.8) is 0 Å². The van der Waals surface area contributed by atoms with Gasteiger partial charge in [-0.3, -0.25) is 0 Å². The van der Waals surface area contributed by atoms with Gasteiger partial charge in [-0.15, -0.1) is 0 Å². The summed E-state index contributed by atoms with van der Waals surface area (Å²) in [6.07, 6.45) is 0. The molecule has 0 aromatic heterocycles. The second-order valence-corrected chi connectivity index (χ2v) is 8.39. The molecule has 0 aliphatic carbocycles. The van der Waals surface area contributed by atoms with E-state index < -0.39 is 10.0 Å². The highest BCUT2D eigenvalue weighted by atomic mass is 79.9. The van der Waals surface area contributed by atoms with Crippen molar-refractivity contribution in [3.8, 4) is 0 Å². The van der Waals surface area contributed by atoms with Crippen molar-refractivity contribution in [3.05, 3.63) is 68.1 Å². The first kappa shape index (κ1) is 17.8. The van der Waals surface area contributed by atoms with Gasteiger partial charge in [0, 0.05) is 10.5 Å². The zero-order chi connectivity index (χ0) is 16.3. The minimum Gasteiger partial charge on any atom is -0.212 e. The fourth-order valence-corrected chi connectivity index (χ4v) is 4.12. The Morgan fingerprint density at radius 2 is 1.86 bits per heavy atom. The minimum absolute atomic E-state index is 0.151. The van der Waals surface area contributed by atoms with Crippen LogP contribution in [0.25, 0.3) is 0 Å². The standard InChI is InChI=1S/C15H14BrCl2NO2S/c1-10(12-3-2-4-13(16)8-12)19-22(20,21)9-11-5-6-14(17)15(18)7-11/h2-8,10,19H,9H2,1H3. The van der Waals surface area contributed by atoms with Crippen LogP contribution in [0.5, 0.6) is 0 Å². The molecule has 2 aromatic rings. The molecule has 0 bridgehead atoms. The summed E-state index contributed by atoms with van der Waals surface area (Å²) in [6.45, 7) is 1.80. The average Bonchev–Trinajstić information content (AvgIpc) is 2.42. The molecule has 0 aliphatic heterocycles. The molecule has 1 unspecified atom stereocenters. The second-order valence-electron chi connectivity index (χ2n) is 4.90. The number of hydrogen-bond donors (Lipinski definition) is 1. The summed E-state index contributed by atoms with van der Waals surface area (Å²) in [6, 6.07) is 12.0. The number of benzene rings is 2. The Kier molecular flexibility index (Phi) is 5.91. The highest BCUT2D eigenvalue weighted by Gasteiger charge is 2.17. The number of nitrogens with one attached hydrogen (secondary N) is 1. The molecule has 7 heteroatoms. The number of halogens is 3. The van der Waals surface area contributed by atoms with Crippen LogP contribution in [-0.4, -0.2) is 8.42 Å². The smallest absolute Gasteiger partial charge is 0.212 e. The summed E-state index contributed by atoms with van der Waals surface area (Å²) >= 11 is 15.1. The van der Waals surface area contributed by atoms with Crippen LogP contribution in [0.2, 0.25) is 10.0 Å². The SMILES string of the molecule is CC(NS(=O)(=O)Cc1ccc(Cl)c(Cl)c1)c1cccc(Br)c1. The Hall–Kier alpha value is -0.590. The van der Waals surface area contributed by atoms with E-state index in [1.54, 1.807) is 25.1 Å². The van der Waals surface area contributed by atoms with Gasteiger partial charge in [0.2, 0.25) is 10.0 Å². The molecule has 3 nitrogen and oxygen atoms in total. The molecule has 0 saturated carbocycles. The molecule has 0 spiro atoms. The summed E-state index contributed by atoms with van der Waals surface area (Å²) in [5.74, 6) is -0.151. The lowest BCUT2D eigenvalue weighted by Gasteiger charge is -2.15. The van der Waals surface area contributed by atoms with E-state index >= 15 is 0 Å². The highest BCUT2D eigenvalue weighted by Crippen LogP contribution is 2.24. The molecule has 0 saturated heterocycles. The summed E-state index contributed by atoms with van der Waals surface area (Å²) in [5.41, 5.74) is 1.47. The van der Waals surface area contributed by atoms with Crippen LogP contribution < -0.4 is 4.72 Å². The van der Waals surface area contributed by atoms with Gasteiger partial charge in [-0.1, -0.05) is 57.3 Å². The Balaban J connectivity index is 2.12. The summed E-state index contributed by atoms with van der Waals surface area (Å²) in [5, 5.41) is 0.743. The van der Waals surface area contributed by atoms with E-state index in [2.05, 4.69) is 20.7 Å². The maximum absolute atomic E-state index is 12.3. The van der Waals surface area contributed by atoms with Gasteiger partial charge >= 0.3 is 0 Å². The van der Waals surface area contributed by atoms with Gasteiger partial charge < -0.3 is 0 Å². The molecule has 0 radical (unpaired) electrons. The molecule has 1 atom stereocenters. The number of sulfonamides is 1. The van der Waals surface area contributed by atoms with Crippen LogP contribution in [0, 0.1) is 0 Å². The van der Waals surface area contributed by atoms with Crippen molar-refractivity contribution in [1.82, 2.24) is 4.72 Å². The third-order valence-corrected chi connectivity index (χ3v) is 5.70. The quantitative estimate of drug-likeness (QED) is 0.741. The lowest BCUT2D eigenvalue weighted by molar-refractivity contribution is 0.566.